The largest absolute Gasteiger partial charge is 0.493 e. The molecular weight excluding hydrogens is 489 g/mol. The van der Waals surface area contributed by atoms with Crippen molar-refractivity contribution >= 4 is 11.6 Å². The van der Waals surface area contributed by atoms with Gasteiger partial charge in [-0.3, -0.25) is 9.78 Å². The number of ether oxygens (including phenoxy) is 2. The number of methoxy groups -OCH3 is 1. The number of nitrogens with one attached hydrogen (secondary N) is 1. The van der Waals surface area contributed by atoms with E-state index in [1.165, 1.54) is 25.3 Å². The molecule has 7 nitrogen and oxygen atoms in total. The van der Waals surface area contributed by atoms with Crippen LogP contribution < -0.4 is 10.1 Å². The van der Waals surface area contributed by atoms with Crippen LogP contribution in [-0.4, -0.2) is 66.5 Å². The van der Waals surface area contributed by atoms with Crippen LogP contribution in [-0.2, 0) is 9.53 Å². The third-order valence-corrected chi connectivity index (χ3v) is 6.50. The number of aliphatic hydroxyl groups excluding tert-OH is 1. The third-order valence-electron chi connectivity index (χ3n) is 6.50. The monoisotopic (exact) mass is 517 g/mol. The molecule has 0 unspecified atom stereocenters. The van der Waals surface area contributed by atoms with Crippen molar-refractivity contribution in [1.82, 2.24) is 9.88 Å². The molecule has 0 radical (unpaired) electrons. The predicted molar refractivity (Wildman–Crippen MR) is 121 cm³/mol. The Balaban J connectivity index is 2.01. The van der Waals surface area contributed by atoms with Crippen molar-refractivity contribution in [1.29, 1.82) is 0 Å². The number of aromatic nitrogens is 1. The molecule has 0 aliphatic carbocycles. The summed E-state index contributed by atoms with van der Waals surface area (Å²) in [6.07, 6.45) is -6.25. The molecule has 3 rings (SSSR count). The average molecular weight is 517 g/mol. The van der Waals surface area contributed by atoms with E-state index in [1.54, 1.807) is 19.0 Å². The normalized spacial score (nSPS) is 25.2. The van der Waals surface area contributed by atoms with Gasteiger partial charge < -0.3 is 24.8 Å². The Morgan fingerprint density at radius 3 is 2.56 bits per heavy atom. The number of nitrogens with zero attached hydrogens (tertiary/aromatic N) is 2. The first-order chi connectivity index (χ1) is 16.7. The smallest absolute Gasteiger partial charge is 0.417 e. The molecule has 1 fully saturated rings. The number of rotatable bonds is 7. The van der Waals surface area contributed by atoms with E-state index in [4.69, 9.17) is 9.47 Å². The molecule has 2 heterocycles. The number of halogens is 5. The Bertz CT molecular complexity index is 1110. The lowest BCUT2D eigenvalue weighted by Gasteiger charge is -2.32. The molecular formula is C24H28F5N3O4. The summed E-state index contributed by atoms with van der Waals surface area (Å²) < 4.78 is 80.8. The molecule has 0 bridgehead atoms. The Labute approximate surface area is 205 Å². The second kappa shape index (κ2) is 10.3. The number of carbonyl (C=O) groups is 1. The van der Waals surface area contributed by atoms with Gasteiger partial charge in [-0.05, 0) is 39.2 Å². The number of aliphatic hydroxyl groups is 1. The number of hydrogen-bond donors (Lipinski definition) is 2. The molecule has 1 aliphatic rings. The summed E-state index contributed by atoms with van der Waals surface area (Å²) in [7, 11) is 4.55. The number of carbonyl (C=O) groups excluding carboxylic acids is 1. The Morgan fingerprint density at radius 2 is 1.97 bits per heavy atom. The highest BCUT2D eigenvalue weighted by Gasteiger charge is 2.65. The lowest BCUT2D eigenvalue weighted by Crippen LogP contribution is -2.47. The molecule has 1 amide bonds. The lowest BCUT2D eigenvalue weighted by molar-refractivity contribution is -0.272. The Kier molecular flexibility index (Phi) is 7.92. The number of amides is 1. The van der Waals surface area contributed by atoms with Crippen LogP contribution in [0.1, 0.15) is 37.1 Å². The number of pyridine rings is 1. The van der Waals surface area contributed by atoms with Gasteiger partial charge >= 0.3 is 6.18 Å². The fourth-order valence-corrected chi connectivity index (χ4v) is 4.40. The van der Waals surface area contributed by atoms with E-state index >= 15 is 0 Å². The zero-order valence-corrected chi connectivity index (χ0v) is 20.4. The number of benzene rings is 1. The highest BCUT2D eigenvalue weighted by molar-refractivity contribution is 5.95. The van der Waals surface area contributed by atoms with E-state index in [-0.39, 0.29) is 23.5 Å². The minimum atomic E-state index is -4.87. The highest BCUT2D eigenvalue weighted by atomic mass is 19.4. The minimum Gasteiger partial charge on any atom is -0.493 e. The maximum absolute atomic E-state index is 14.5. The fourth-order valence-electron chi connectivity index (χ4n) is 4.40. The minimum absolute atomic E-state index is 0.131. The first kappa shape index (κ1) is 27.8. The van der Waals surface area contributed by atoms with Crippen LogP contribution in [0.25, 0.3) is 0 Å². The van der Waals surface area contributed by atoms with Crippen LogP contribution in [0.4, 0.5) is 27.6 Å². The van der Waals surface area contributed by atoms with Gasteiger partial charge in [0, 0.05) is 35.8 Å². The number of alkyl halides is 3. The second-order valence-electron chi connectivity index (χ2n) is 9.18. The van der Waals surface area contributed by atoms with Crippen molar-refractivity contribution in [2.24, 2.45) is 5.92 Å². The van der Waals surface area contributed by atoms with E-state index in [0.717, 1.165) is 26.2 Å². The van der Waals surface area contributed by atoms with E-state index < -0.39 is 59.1 Å². The lowest BCUT2D eigenvalue weighted by atomic mass is 9.77. The van der Waals surface area contributed by atoms with Crippen LogP contribution in [0.3, 0.4) is 0 Å². The number of likely N-dealkylation sites (N-methyl/N-ethyl adjacent to an activating group) is 1. The molecule has 1 aromatic carbocycles. The predicted octanol–water partition coefficient (Wildman–Crippen LogP) is 4.04. The molecule has 1 aliphatic heterocycles. The van der Waals surface area contributed by atoms with E-state index in [1.807, 2.05) is 0 Å². The fraction of sp³-hybridized carbons (Fsp3) is 0.500. The van der Waals surface area contributed by atoms with E-state index in [0.29, 0.717) is 0 Å². The summed E-state index contributed by atoms with van der Waals surface area (Å²) in [5, 5.41) is 12.8. The van der Waals surface area contributed by atoms with Crippen molar-refractivity contribution in [3.63, 3.8) is 0 Å². The molecule has 198 valence electrons. The zero-order chi connectivity index (χ0) is 27.0. The van der Waals surface area contributed by atoms with Gasteiger partial charge in [0.2, 0.25) is 5.82 Å². The summed E-state index contributed by atoms with van der Waals surface area (Å²) in [6, 6.07) is 4.64. The first-order valence-corrected chi connectivity index (χ1v) is 11.1. The van der Waals surface area contributed by atoms with Crippen LogP contribution in [0.15, 0.2) is 30.5 Å². The average Bonchev–Trinajstić information content (AvgIpc) is 3.07. The van der Waals surface area contributed by atoms with Crippen molar-refractivity contribution < 1.29 is 41.3 Å². The van der Waals surface area contributed by atoms with Gasteiger partial charge in [0.1, 0.15) is 12.2 Å². The summed E-state index contributed by atoms with van der Waals surface area (Å²) in [6.45, 7) is 2.29. The maximum atomic E-state index is 14.5. The molecule has 2 aromatic rings. The molecule has 2 N–H and O–H groups in total. The summed E-state index contributed by atoms with van der Waals surface area (Å²) in [4.78, 5) is 19.1. The summed E-state index contributed by atoms with van der Waals surface area (Å²) in [5.41, 5.74) is -2.49. The molecule has 0 spiro atoms. The zero-order valence-electron chi connectivity index (χ0n) is 20.4. The molecule has 1 saturated heterocycles. The van der Waals surface area contributed by atoms with Gasteiger partial charge in [-0.2, -0.15) is 17.6 Å². The molecule has 0 saturated carbocycles. The van der Waals surface area contributed by atoms with Crippen molar-refractivity contribution in [3.8, 4) is 5.75 Å². The van der Waals surface area contributed by atoms with E-state index in [2.05, 4.69) is 10.3 Å². The van der Waals surface area contributed by atoms with Gasteiger partial charge in [0.15, 0.2) is 17.2 Å². The maximum Gasteiger partial charge on any atom is 0.417 e. The van der Waals surface area contributed by atoms with Crippen molar-refractivity contribution in [3.05, 3.63) is 53.4 Å². The third kappa shape index (κ3) is 5.16. The van der Waals surface area contributed by atoms with Crippen molar-refractivity contribution in [2.75, 3.05) is 33.1 Å². The van der Waals surface area contributed by atoms with Gasteiger partial charge in [0.25, 0.3) is 5.91 Å². The standard InChI is InChI=1S/C24H28F5N3O4/c1-12-18(14-6-7-15(25)19(26)20(14)35-5)21(36-23(12,2)24(27,28)29)22(34)31-13-8-9-30-16(10-13)17(33)11-32(3)4/h6-10,12,17-18,21,33H,11H2,1-5H3,(H,30,31,34)/t12-,17-,18-,21+,23+/m0/s1. The Morgan fingerprint density at radius 1 is 1.31 bits per heavy atom. The molecule has 36 heavy (non-hydrogen) atoms. The van der Waals surface area contributed by atoms with Gasteiger partial charge in [0.05, 0.1) is 12.8 Å². The van der Waals surface area contributed by atoms with Crippen LogP contribution in [0.2, 0.25) is 0 Å². The summed E-state index contributed by atoms with van der Waals surface area (Å²) >= 11 is 0. The highest BCUT2D eigenvalue weighted by Crippen LogP contribution is 2.55. The number of anilines is 1. The van der Waals surface area contributed by atoms with Crippen molar-refractivity contribution in [2.45, 2.75) is 43.8 Å². The van der Waals surface area contributed by atoms with E-state index in [9.17, 15) is 31.9 Å². The first-order valence-electron chi connectivity index (χ1n) is 11.1. The number of hydrogen-bond acceptors (Lipinski definition) is 6. The van der Waals surface area contributed by atoms with Gasteiger partial charge in [-0.25, -0.2) is 4.39 Å². The SMILES string of the molecule is COc1c([C@H]2[C@H](C(=O)Nc3ccnc([C@@H](O)CN(C)C)c3)O[C@@](C)(C(F)(F)F)[C@H]2C)ccc(F)c1F. The summed E-state index contributed by atoms with van der Waals surface area (Å²) in [5.74, 6) is -6.87. The quantitative estimate of drug-likeness (QED) is 0.540. The molecule has 12 heteroatoms. The van der Waals surface area contributed by atoms with Gasteiger partial charge in [-0.15, -0.1) is 0 Å². The van der Waals surface area contributed by atoms with Crippen LogP contribution in [0.5, 0.6) is 5.75 Å². The van der Waals surface area contributed by atoms with Gasteiger partial charge in [-0.1, -0.05) is 13.0 Å². The topological polar surface area (TPSA) is 83.9 Å². The second-order valence-corrected chi connectivity index (χ2v) is 9.18. The molecule has 1 aromatic heterocycles. The van der Waals surface area contributed by atoms with Crippen LogP contribution in [0, 0.1) is 17.6 Å². The Hall–Kier alpha value is -2.83. The molecule has 5 atom stereocenters. The van der Waals surface area contributed by atoms with Crippen LogP contribution >= 0.6 is 0 Å².